The summed E-state index contributed by atoms with van der Waals surface area (Å²) in [7, 11) is 3.52. The van der Waals surface area contributed by atoms with Crippen LogP contribution in [0.15, 0.2) is 41.5 Å². The van der Waals surface area contributed by atoms with Crippen molar-refractivity contribution in [3.8, 4) is 5.75 Å². The number of hydrogen-bond donors (Lipinski definition) is 1. The van der Waals surface area contributed by atoms with Crippen molar-refractivity contribution in [1.82, 2.24) is 20.2 Å². The molecule has 1 atom stereocenters. The molecule has 1 aliphatic heterocycles. The molecule has 0 saturated carbocycles. The highest BCUT2D eigenvalue weighted by Gasteiger charge is 2.26. The van der Waals surface area contributed by atoms with Gasteiger partial charge < -0.3 is 15.0 Å². The monoisotopic (exact) mass is 467 g/mol. The molecule has 0 bridgehead atoms. The number of aromatic nitrogens is 2. The minimum atomic E-state index is 0. The highest BCUT2D eigenvalue weighted by atomic mass is 127. The second-order valence-electron chi connectivity index (χ2n) is 6.20. The summed E-state index contributed by atoms with van der Waals surface area (Å²) in [5.74, 6) is 3.13. The van der Waals surface area contributed by atoms with Gasteiger partial charge in [0.1, 0.15) is 11.6 Å². The van der Waals surface area contributed by atoms with Gasteiger partial charge in [-0.3, -0.25) is 4.99 Å². The molecule has 0 amide bonds. The topological polar surface area (TPSA) is 62.6 Å². The van der Waals surface area contributed by atoms with Crippen LogP contribution < -0.4 is 10.1 Å². The van der Waals surface area contributed by atoms with Gasteiger partial charge in [0, 0.05) is 32.3 Å². The first-order chi connectivity index (χ1) is 12.2. The van der Waals surface area contributed by atoms with E-state index in [1.54, 1.807) is 13.3 Å². The summed E-state index contributed by atoms with van der Waals surface area (Å²) in [5.41, 5.74) is 2.32. The molecular weight excluding hydrogens is 441 g/mol. The average Bonchev–Trinajstić information content (AvgIpc) is 3.12. The van der Waals surface area contributed by atoms with E-state index >= 15 is 0 Å². The molecule has 1 aliphatic rings. The van der Waals surface area contributed by atoms with Crippen LogP contribution in [0.2, 0.25) is 0 Å². The number of ether oxygens (including phenoxy) is 1. The van der Waals surface area contributed by atoms with Gasteiger partial charge in [0.25, 0.3) is 0 Å². The number of nitrogens with zero attached hydrogens (tertiary/aromatic N) is 4. The van der Waals surface area contributed by atoms with Crippen LogP contribution in [0, 0.1) is 6.92 Å². The van der Waals surface area contributed by atoms with E-state index in [1.807, 2.05) is 32.2 Å². The minimum Gasteiger partial charge on any atom is -0.497 e. The number of likely N-dealkylation sites (tertiary alicyclic amines) is 1. The smallest absolute Gasteiger partial charge is 0.193 e. The third kappa shape index (κ3) is 5.06. The Bertz CT molecular complexity index is 735. The van der Waals surface area contributed by atoms with E-state index in [-0.39, 0.29) is 24.0 Å². The third-order valence-corrected chi connectivity index (χ3v) is 4.55. The summed E-state index contributed by atoms with van der Waals surface area (Å²) in [4.78, 5) is 15.3. The summed E-state index contributed by atoms with van der Waals surface area (Å²) in [6.45, 7) is 4.52. The maximum Gasteiger partial charge on any atom is 0.193 e. The molecule has 1 fully saturated rings. The van der Waals surface area contributed by atoms with Gasteiger partial charge in [-0.15, -0.1) is 24.0 Å². The van der Waals surface area contributed by atoms with Gasteiger partial charge in [-0.1, -0.05) is 12.1 Å². The molecular formula is C19H26IN5O. The first-order valence-electron chi connectivity index (χ1n) is 8.57. The molecule has 2 aromatic rings. The van der Waals surface area contributed by atoms with Crippen molar-refractivity contribution < 1.29 is 4.74 Å². The number of aliphatic imine (C=N–C) groups is 1. The van der Waals surface area contributed by atoms with Crippen molar-refractivity contribution in [2.45, 2.75) is 25.8 Å². The molecule has 1 unspecified atom stereocenters. The first kappa shape index (κ1) is 20.4. The van der Waals surface area contributed by atoms with Gasteiger partial charge in [-0.2, -0.15) is 0 Å². The molecule has 1 saturated heterocycles. The molecule has 1 aromatic carbocycles. The van der Waals surface area contributed by atoms with Gasteiger partial charge in [-0.25, -0.2) is 9.97 Å². The molecule has 7 heteroatoms. The third-order valence-electron chi connectivity index (χ3n) is 4.55. The Hall–Kier alpha value is -1.90. The van der Waals surface area contributed by atoms with Gasteiger partial charge in [0.05, 0.1) is 19.3 Å². The van der Waals surface area contributed by atoms with E-state index in [4.69, 9.17) is 4.74 Å². The summed E-state index contributed by atoms with van der Waals surface area (Å²) >= 11 is 0. The number of rotatable bonds is 4. The van der Waals surface area contributed by atoms with Crippen molar-refractivity contribution >= 4 is 29.9 Å². The van der Waals surface area contributed by atoms with E-state index in [0.717, 1.165) is 42.7 Å². The summed E-state index contributed by atoms with van der Waals surface area (Å²) < 4.78 is 5.24. The average molecular weight is 467 g/mol. The van der Waals surface area contributed by atoms with Crippen LogP contribution >= 0.6 is 24.0 Å². The minimum absolute atomic E-state index is 0. The van der Waals surface area contributed by atoms with E-state index in [1.165, 1.54) is 5.56 Å². The van der Waals surface area contributed by atoms with E-state index < -0.39 is 0 Å². The second-order valence-corrected chi connectivity index (χ2v) is 6.20. The summed E-state index contributed by atoms with van der Waals surface area (Å²) in [6, 6.07) is 10.3. The zero-order chi connectivity index (χ0) is 17.6. The number of hydrogen-bond acceptors (Lipinski definition) is 4. The zero-order valence-corrected chi connectivity index (χ0v) is 17.8. The number of halogens is 1. The lowest BCUT2D eigenvalue weighted by atomic mass is 9.98. The van der Waals surface area contributed by atoms with Gasteiger partial charge in [0.15, 0.2) is 5.96 Å². The number of benzene rings is 1. The molecule has 26 heavy (non-hydrogen) atoms. The molecule has 0 radical (unpaired) electrons. The number of methoxy groups -OCH3 is 1. The predicted octanol–water partition coefficient (Wildman–Crippen LogP) is 2.98. The fourth-order valence-corrected chi connectivity index (χ4v) is 3.21. The Labute approximate surface area is 172 Å². The number of aryl methyl sites for hydroxylation is 1. The highest BCUT2D eigenvalue weighted by Crippen LogP contribution is 2.28. The molecule has 0 spiro atoms. The molecule has 2 heterocycles. The molecule has 6 nitrogen and oxygen atoms in total. The van der Waals surface area contributed by atoms with Gasteiger partial charge in [0.2, 0.25) is 0 Å². The van der Waals surface area contributed by atoms with E-state index in [9.17, 15) is 0 Å². The highest BCUT2D eigenvalue weighted by molar-refractivity contribution is 14.0. The van der Waals surface area contributed by atoms with Crippen molar-refractivity contribution in [1.29, 1.82) is 0 Å². The fraction of sp³-hybridized carbons (Fsp3) is 0.421. The first-order valence-corrected chi connectivity index (χ1v) is 8.57. The Morgan fingerprint density at radius 1 is 1.31 bits per heavy atom. The lowest BCUT2D eigenvalue weighted by molar-refractivity contribution is 0.414. The van der Waals surface area contributed by atoms with Gasteiger partial charge >= 0.3 is 0 Å². The van der Waals surface area contributed by atoms with Gasteiger partial charge in [-0.05, 0) is 37.1 Å². The van der Waals surface area contributed by atoms with Crippen LogP contribution in [0.1, 0.15) is 29.4 Å². The lowest BCUT2D eigenvalue weighted by Gasteiger charge is -2.21. The predicted molar refractivity (Wildman–Crippen MR) is 114 cm³/mol. The Kier molecular flexibility index (Phi) is 7.62. The number of guanidine groups is 1. The van der Waals surface area contributed by atoms with Crippen molar-refractivity contribution in [2.75, 3.05) is 27.2 Å². The van der Waals surface area contributed by atoms with Crippen LogP contribution in [0.5, 0.6) is 5.75 Å². The molecule has 1 aromatic heterocycles. The SMILES string of the molecule is CN=C(NCc1ccnc(C)n1)N1CCC(c2ccc(OC)cc2)C1.I. The second kappa shape index (κ2) is 9.70. The molecule has 140 valence electrons. The Morgan fingerprint density at radius 2 is 2.08 bits per heavy atom. The zero-order valence-electron chi connectivity index (χ0n) is 15.5. The maximum atomic E-state index is 5.24. The van der Waals surface area contributed by atoms with Crippen LogP contribution in [0.3, 0.4) is 0 Å². The number of nitrogens with one attached hydrogen (secondary N) is 1. The van der Waals surface area contributed by atoms with Crippen molar-refractivity contribution in [2.24, 2.45) is 4.99 Å². The van der Waals surface area contributed by atoms with E-state index in [0.29, 0.717) is 12.5 Å². The molecule has 1 N–H and O–H groups in total. The van der Waals surface area contributed by atoms with Crippen molar-refractivity contribution in [3.05, 3.63) is 53.6 Å². The standard InChI is InChI=1S/C19H25N5O.HI/c1-14-21-10-8-17(23-14)12-22-19(20-2)24-11-9-16(13-24)15-4-6-18(25-3)7-5-15;/h4-8,10,16H,9,11-13H2,1-3H3,(H,20,22);1H. The van der Waals surface area contributed by atoms with Crippen LogP contribution in [-0.2, 0) is 6.54 Å². The molecule has 0 aliphatic carbocycles. The largest absolute Gasteiger partial charge is 0.497 e. The summed E-state index contributed by atoms with van der Waals surface area (Å²) in [5, 5.41) is 3.41. The summed E-state index contributed by atoms with van der Waals surface area (Å²) in [6.07, 6.45) is 2.91. The van der Waals surface area contributed by atoms with E-state index in [2.05, 4.69) is 37.3 Å². The quantitative estimate of drug-likeness (QED) is 0.426. The Morgan fingerprint density at radius 3 is 2.73 bits per heavy atom. The van der Waals surface area contributed by atoms with Crippen LogP contribution in [-0.4, -0.2) is 48.1 Å². The normalized spacial score (nSPS) is 17.0. The molecule has 3 rings (SSSR count). The maximum absolute atomic E-state index is 5.24. The van der Waals surface area contributed by atoms with Crippen LogP contribution in [0.4, 0.5) is 0 Å². The van der Waals surface area contributed by atoms with Crippen LogP contribution in [0.25, 0.3) is 0 Å². The Balaban J connectivity index is 0.00000243. The fourth-order valence-electron chi connectivity index (χ4n) is 3.21. The lowest BCUT2D eigenvalue weighted by Crippen LogP contribution is -2.39. The van der Waals surface area contributed by atoms with Crippen molar-refractivity contribution in [3.63, 3.8) is 0 Å².